The molecule has 2 N–H and O–H groups in total. The summed E-state index contributed by atoms with van der Waals surface area (Å²) in [4.78, 5) is 35.1. The monoisotopic (exact) mass is 446 g/mol. The fourth-order valence-electron chi connectivity index (χ4n) is 3.71. The van der Waals surface area contributed by atoms with E-state index in [1.165, 1.54) is 10.5 Å². The summed E-state index contributed by atoms with van der Waals surface area (Å²) < 4.78 is 8.38. The van der Waals surface area contributed by atoms with Crippen molar-refractivity contribution in [2.45, 2.75) is 26.8 Å². The minimum absolute atomic E-state index is 0.00791. The van der Waals surface area contributed by atoms with Gasteiger partial charge in [0.05, 0.1) is 17.5 Å². The molecule has 0 radical (unpaired) electrons. The topological polar surface area (TPSA) is 114 Å². The van der Waals surface area contributed by atoms with E-state index in [1.54, 1.807) is 29.2 Å². The van der Waals surface area contributed by atoms with Crippen molar-refractivity contribution < 1.29 is 9.53 Å². The van der Waals surface area contributed by atoms with Crippen LogP contribution in [0.2, 0.25) is 0 Å². The van der Waals surface area contributed by atoms with Gasteiger partial charge in [0.15, 0.2) is 0 Å². The van der Waals surface area contributed by atoms with Crippen molar-refractivity contribution >= 4 is 22.6 Å². The molecule has 0 spiro atoms. The molecule has 0 bridgehead atoms. The fourth-order valence-corrected chi connectivity index (χ4v) is 3.71. The van der Waals surface area contributed by atoms with E-state index >= 15 is 0 Å². The predicted molar refractivity (Wildman–Crippen MR) is 124 cm³/mol. The van der Waals surface area contributed by atoms with Crippen LogP contribution in [0.4, 0.5) is 0 Å². The number of aryl methyl sites for hydroxylation is 1. The first-order chi connectivity index (χ1) is 16.0. The highest BCUT2D eigenvalue weighted by atomic mass is 16.5. The maximum atomic E-state index is 13.4. The van der Waals surface area contributed by atoms with Crippen LogP contribution in [-0.2, 0) is 11.3 Å². The van der Waals surface area contributed by atoms with E-state index in [0.29, 0.717) is 37.5 Å². The first-order valence-electron chi connectivity index (χ1n) is 10.9. The molecule has 1 amide bonds. The summed E-state index contributed by atoms with van der Waals surface area (Å²) in [5.41, 5.74) is 2.44. The second-order valence-corrected chi connectivity index (χ2v) is 7.69. The summed E-state index contributed by atoms with van der Waals surface area (Å²) >= 11 is 0. The van der Waals surface area contributed by atoms with Gasteiger partial charge in [0.2, 0.25) is 0 Å². The zero-order valence-corrected chi connectivity index (χ0v) is 18.7. The zero-order valence-electron chi connectivity index (χ0n) is 18.7. The average Bonchev–Trinajstić information content (AvgIpc) is 2.82. The number of carbonyl (C=O) groups excluding carboxylic acids is 1. The van der Waals surface area contributed by atoms with Gasteiger partial charge in [-0.05, 0) is 55.7 Å². The van der Waals surface area contributed by atoms with E-state index in [-0.39, 0.29) is 28.5 Å². The van der Waals surface area contributed by atoms with Crippen LogP contribution < -0.4 is 16.4 Å². The molecule has 4 aromatic heterocycles. The number of fused-ring (bicyclic) bond motifs is 2. The molecular formula is C24H26N6O3. The van der Waals surface area contributed by atoms with Crippen LogP contribution in [0.5, 0.6) is 0 Å². The van der Waals surface area contributed by atoms with Crippen molar-refractivity contribution in [3.05, 3.63) is 81.5 Å². The summed E-state index contributed by atoms with van der Waals surface area (Å²) in [6.07, 6.45) is 5.65. The Morgan fingerprint density at radius 2 is 2.00 bits per heavy atom. The minimum Gasteiger partial charge on any atom is -0.382 e. The standard InChI is InChI=1S/C24H26N6O3/c1-3-33-13-5-9-27-23(31)18-14-19-22(28-21-16(2)6-4-12-29(21)24(19)32)30(20(18)25)15-17-7-10-26-11-8-17/h4,6-8,10-12,14,25H,3,5,9,13,15H2,1-2H3,(H,27,31). The van der Waals surface area contributed by atoms with Crippen molar-refractivity contribution in [3.8, 4) is 0 Å². The third-order valence-electron chi connectivity index (χ3n) is 5.42. The van der Waals surface area contributed by atoms with Gasteiger partial charge in [-0.2, -0.15) is 0 Å². The Hall–Kier alpha value is -3.85. The number of hydrogen-bond donors (Lipinski definition) is 2. The van der Waals surface area contributed by atoms with Crippen LogP contribution in [0.3, 0.4) is 0 Å². The highest BCUT2D eigenvalue weighted by molar-refractivity contribution is 5.96. The smallest absolute Gasteiger partial charge is 0.267 e. The second-order valence-electron chi connectivity index (χ2n) is 7.69. The molecule has 33 heavy (non-hydrogen) atoms. The lowest BCUT2D eigenvalue weighted by Gasteiger charge is -2.15. The van der Waals surface area contributed by atoms with E-state index in [0.717, 1.165) is 11.1 Å². The Balaban J connectivity index is 1.87. The largest absolute Gasteiger partial charge is 0.382 e. The van der Waals surface area contributed by atoms with Gasteiger partial charge in [-0.1, -0.05) is 6.07 Å². The number of carbonyl (C=O) groups is 1. The average molecular weight is 447 g/mol. The second kappa shape index (κ2) is 9.74. The quantitative estimate of drug-likeness (QED) is 0.318. The van der Waals surface area contributed by atoms with E-state index in [2.05, 4.69) is 10.3 Å². The number of aromatic nitrogens is 4. The van der Waals surface area contributed by atoms with Gasteiger partial charge < -0.3 is 14.6 Å². The number of rotatable bonds is 8. The molecule has 4 rings (SSSR count). The highest BCUT2D eigenvalue weighted by Gasteiger charge is 2.18. The third-order valence-corrected chi connectivity index (χ3v) is 5.42. The molecule has 0 atom stereocenters. The molecule has 4 heterocycles. The number of hydrogen-bond acceptors (Lipinski definition) is 6. The van der Waals surface area contributed by atoms with Gasteiger partial charge in [0.1, 0.15) is 16.8 Å². The molecule has 9 heteroatoms. The van der Waals surface area contributed by atoms with Crippen LogP contribution in [0.25, 0.3) is 16.7 Å². The molecule has 9 nitrogen and oxygen atoms in total. The Labute approximate surface area is 190 Å². The first-order valence-corrected chi connectivity index (χ1v) is 10.9. The van der Waals surface area contributed by atoms with Crippen molar-refractivity contribution in [2.24, 2.45) is 0 Å². The molecule has 0 aliphatic heterocycles. The molecule has 0 unspecified atom stereocenters. The number of nitrogens with one attached hydrogen (secondary N) is 2. The molecule has 0 aliphatic rings. The van der Waals surface area contributed by atoms with E-state index in [1.807, 2.05) is 32.0 Å². The summed E-state index contributed by atoms with van der Waals surface area (Å²) in [5, 5.41) is 11.9. The summed E-state index contributed by atoms with van der Waals surface area (Å²) in [6.45, 7) is 5.65. The van der Waals surface area contributed by atoms with Gasteiger partial charge in [-0.15, -0.1) is 0 Å². The van der Waals surface area contributed by atoms with Crippen LogP contribution in [0.15, 0.2) is 53.7 Å². The molecule has 0 aromatic carbocycles. The zero-order chi connectivity index (χ0) is 23.4. The number of nitrogens with zero attached hydrogens (tertiary/aromatic N) is 4. The molecule has 170 valence electrons. The molecule has 0 saturated heterocycles. The maximum Gasteiger partial charge on any atom is 0.267 e. The van der Waals surface area contributed by atoms with Crippen molar-refractivity contribution in [2.75, 3.05) is 19.8 Å². The van der Waals surface area contributed by atoms with Gasteiger partial charge in [0, 0.05) is 38.3 Å². The summed E-state index contributed by atoms with van der Waals surface area (Å²) in [5.74, 6) is -0.407. The lowest BCUT2D eigenvalue weighted by molar-refractivity contribution is 0.0942. The van der Waals surface area contributed by atoms with Gasteiger partial charge in [-0.3, -0.25) is 24.4 Å². The van der Waals surface area contributed by atoms with Crippen LogP contribution >= 0.6 is 0 Å². The van der Waals surface area contributed by atoms with Crippen molar-refractivity contribution in [1.29, 1.82) is 5.41 Å². The Bertz CT molecular complexity index is 1430. The predicted octanol–water partition coefficient (Wildman–Crippen LogP) is 2.04. The van der Waals surface area contributed by atoms with Crippen LogP contribution in [0.1, 0.15) is 34.8 Å². The normalized spacial score (nSPS) is 11.2. The Morgan fingerprint density at radius 1 is 1.21 bits per heavy atom. The summed E-state index contributed by atoms with van der Waals surface area (Å²) in [7, 11) is 0. The number of ether oxygens (including phenoxy) is 1. The lowest BCUT2D eigenvalue weighted by Crippen LogP contribution is -2.35. The van der Waals surface area contributed by atoms with Gasteiger partial charge in [-0.25, -0.2) is 4.98 Å². The molecule has 0 aliphatic carbocycles. The Morgan fingerprint density at radius 3 is 2.76 bits per heavy atom. The first kappa shape index (κ1) is 22.3. The Kier molecular flexibility index (Phi) is 6.60. The van der Waals surface area contributed by atoms with E-state index < -0.39 is 5.91 Å². The van der Waals surface area contributed by atoms with Crippen molar-refractivity contribution in [1.82, 2.24) is 24.3 Å². The molecule has 4 aromatic rings. The summed E-state index contributed by atoms with van der Waals surface area (Å²) in [6, 6.07) is 8.80. The third kappa shape index (κ3) is 4.54. The van der Waals surface area contributed by atoms with Gasteiger partial charge in [0.25, 0.3) is 11.5 Å². The SMILES string of the molecule is CCOCCCNC(=O)c1cc2c(=O)n3cccc(C)c3nc2n(Cc2ccncc2)c1=N. The number of pyridine rings is 3. The highest BCUT2D eigenvalue weighted by Crippen LogP contribution is 2.14. The molecular weight excluding hydrogens is 420 g/mol. The minimum atomic E-state index is -0.407. The van der Waals surface area contributed by atoms with Crippen LogP contribution in [-0.4, -0.2) is 44.6 Å². The molecule has 0 fully saturated rings. The maximum absolute atomic E-state index is 13.4. The lowest BCUT2D eigenvalue weighted by atomic mass is 10.1. The van der Waals surface area contributed by atoms with Gasteiger partial charge >= 0.3 is 0 Å². The van der Waals surface area contributed by atoms with E-state index in [4.69, 9.17) is 15.1 Å². The van der Waals surface area contributed by atoms with Crippen LogP contribution in [0, 0.1) is 12.3 Å². The number of amides is 1. The van der Waals surface area contributed by atoms with E-state index in [9.17, 15) is 9.59 Å². The molecule has 0 saturated carbocycles. The van der Waals surface area contributed by atoms with Crippen molar-refractivity contribution in [3.63, 3.8) is 0 Å². The fraction of sp³-hybridized carbons (Fsp3) is 0.292.